The lowest BCUT2D eigenvalue weighted by Gasteiger charge is -2.08. The van der Waals surface area contributed by atoms with Crippen LogP contribution in [0.3, 0.4) is 0 Å². The summed E-state index contributed by atoms with van der Waals surface area (Å²) in [5, 5.41) is 7.15. The fraction of sp³-hybridized carbons (Fsp3) is 0.0952. The summed E-state index contributed by atoms with van der Waals surface area (Å²) in [5.41, 5.74) is 7.89. The summed E-state index contributed by atoms with van der Waals surface area (Å²) in [6.07, 6.45) is 3.43. The summed E-state index contributed by atoms with van der Waals surface area (Å²) in [5.74, 6) is -0.503. The van der Waals surface area contributed by atoms with Crippen molar-refractivity contribution in [1.82, 2.24) is 24.7 Å². The molecule has 9 nitrogen and oxygen atoms in total. The first-order chi connectivity index (χ1) is 15.0. The van der Waals surface area contributed by atoms with E-state index in [0.29, 0.717) is 11.3 Å². The molecule has 0 saturated heterocycles. The van der Waals surface area contributed by atoms with Crippen molar-refractivity contribution < 1.29 is 13.9 Å². The van der Waals surface area contributed by atoms with Crippen LogP contribution in [0.25, 0.3) is 5.69 Å². The molecular weight excluding hydrogens is 401 g/mol. The standard InChI is InChI=1S/C21H18FN7O2/c22-15-6-8-16(9-7-15)25-21-27-18(26-20(23)28-21)13-31-19(30)10-14-11-24-29(12-14)17-4-2-1-3-5-17/h1-9,11-12H,10,13H2,(H3,23,25,26,27,28). The van der Waals surface area contributed by atoms with Crippen LogP contribution in [0.2, 0.25) is 0 Å². The Kier molecular flexibility index (Phi) is 5.79. The number of halogens is 1. The van der Waals surface area contributed by atoms with Gasteiger partial charge in [-0.1, -0.05) is 18.2 Å². The Balaban J connectivity index is 1.35. The van der Waals surface area contributed by atoms with Crippen LogP contribution < -0.4 is 11.1 Å². The molecule has 0 bridgehead atoms. The Morgan fingerprint density at radius 1 is 1.06 bits per heavy atom. The molecule has 2 aromatic heterocycles. The first kappa shape index (κ1) is 20.0. The molecule has 4 rings (SSSR count). The maximum absolute atomic E-state index is 13.0. The van der Waals surface area contributed by atoms with Crippen LogP contribution in [0.1, 0.15) is 11.4 Å². The van der Waals surface area contributed by atoms with Crippen molar-refractivity contribution in [2.45, 2.75) is 13.0 Å². The van der Waals surface area contributed by atoms with Crippen LogP contribution in [0, 0.1) is 5.82 Å². The van der Waals surface area contributed by atoms with Gasteiger partial charge in [-0.2, -0.15) is 20.1 Å². The minimum absolute atomic E-state index is 0.0326. The van der Waals surface area contributed by atoms with Crippen molar-refractivity contribution in [2.75, 3.05) is 11.1 Å². The Hall–Kier alpha value is -4.34. The van der Waals surface area contributed by atoms with Crippen molar-refractivity contribution >= 4 is 23.6 Å². The van der Waals surface area contributed by atoms with Crippen molar-refractivity contribution in [3.05, 3.63) is 84.2 Å². The number of anilines is 3. The number of para-hydroxylation sites is 1. The zero-order valence-corrected chi connectivity index (χ0v) is 16.3. The van der Waals surface area contributed by atoms with Crippen molar-refractivity contribution in [2.24, 2.45) is 0 Å². The second-order valence-corrected chi connectivity index (χ2v) is 6.53. The predicted molar refractivity (Wildman–Crippen MR) is 111 cm³/mol. The number of hydrogen-bond acceptors (Lipinski definition) is 8. The van der Waals surface area contributed by atoms with Gasteiger partial charge in [0.1, 0.15) is 5.82 Å². The number of esters is 1. The van der Waals surface area contributed by atoms with Crippen LogP contribution in [-0.2, 0) is 22.6 Å². The van der Waals surface area contributed by atoms with Gasteiger partial charge in [-0.15, -0.1) is 0 Å². The molecule has 0 aliphatic carbocycles. The number of rotatable bonds is 7. The average molecular weight is 419 g/mol. The predicted octanol–water partition coefficient (Wildman–Crippen LogP) is 2.81. The van der Waals surface area contributed by atoms with Gasteiger partial charge < -0.3 is 15.8 Å². The highest BCUT2D eigenvalue weighted by Gasteiger charge is 2.11. The minimum atomic E-state index is -0.459. The van der Waals surface area contributed by atoms with Crippen LogP contribution in [0.5, 0.6) is 0 Å². The largest absolute Gasteiger partial charge is 0.457 e. The zero-order valence-electron chi connectivity index (χ0n) is 16.3. The number of nitrogens with one attached hydrogen (secondary N) is 1. The molecule has 3 N–H and O–H groups in total. The molecule has 0 radical (unpaired) electrons. The number of carbonyl (C=O) groups excluding carboxylic acids is 1. The maximum atomic E-state index is 13.0. The summed E-state index contributed by atoms with van der Waals surface area (Å²) in [4.78, 5) is 24.3. The van der Waals surface area contributed by atoms with Crippen molar-refractivity contribution in [3.63, 3.8) is 0 Å². The molecule has 31 heavy (non-hydrogen) atoms. The molecule has 156 valence electrons. The van der Waals surface area contributed by atoms with Gasteiger partial charge in [-0.3, -0.25) is 4.79 Å². The lowest BCUT2D eigenvalue weighted by Crippen LogP contribution is -2.12. The van der Waals surface area contributed by atoms with E-state index in [0.717, 1.165) is 5.69 Å². The highest BCUT2D eigenvalue weighted by Crippen LogP contribution is 2.14. The molecule has 0 saturated carbocycles. The molecule has 0 spiro atoms. The Bertz CT molecular complexity index is 1180. The first-order valence-corrected chi connectivity index (χ1v) is 9.33. The molecular formula is C21H18FN7O2. The zero-order chi connectivity index (χ0) is 21.6. The van der Waals surface area contributed by atoms with E-state index >= 15 is 0 Å². The van der Waals surface area contributed by atoms with Gasteiger partial charge in [-0.25, -0.2) is 9.07 Å². The van der Waals surface area contributed by atoms with Crippen LogP contribution >= 0.6 is 0 Å². The third-order valence-corrected chi connectivity index (χ3v) is 4.17. The molecule has 0 unspecified atom stereocenters. The lowest BCUT2D eigenvalue weighted by molar-refractivity contribution is -0.144. The SMILES string of the molecule is Nc1nc(COC(=O)Cc2cnn(-c3ccccc3)c2)nc(Nc2ccc(F)cc2)n1. The normalized spacial score (nSPS) is 10.6. The number of benzene rings is 2. The summed E-state index contributed by atoms with van der Waals surface area (Å²) in [6, 6.07) is 15.2. The Morgan fingerprint density at radius 3 is 2.61 bits per heavy atom. The van der Waals surface area contributed by atoms with E-state index in [-0.39, 0.29) is 36.6 Å². The summed E-state index contributed by atoms with van der Waals surface area (Å²) in [7, 11) is 0. The number of aromatic nitrogens is 5. The molecule has 0 atom stereocenters. The molecule has 4 aromatic rings. The summed E-state index contributed by atoms with van der Waals surface area (Å²) >= 11 is 0. The van der Waals surface area contributed by atoms with Gasteiger partial charge in [0.15, 0.2) is 12.4 Å². The third-order valence-electron chi connectivity index (χ3n) is 4.17. The maximum Gasteiger partial charge on any atom is 0.310 e. The van der Waals surface area contributed by atoms with Crippen molar-refractivity contribution in [1.29, 1.82) is 0 Å². The fourth-order valence-corrected chi connectivity index (χ4v) is 2.76. The van der Waals surface area contributed by atoms with Crippen molar-refractivity contribution in [3.8, 4) is 5.69 Å². The van der Waals surface area contributed by atoms with Gasteiger partial charge in [0.25, 0.3) is 0 Å². The smallest absolute Gasteiger partial charge is 0.310 e. The number of nitrogens with zero attached hydrogens (tertiary/aromatic N) is 5. The fourth-order valence-electron chi connectivity index (χ4n) is 2.76. The van der Waals surface area contributed by atoms with E-state index in [2.05, 4.69) is 25.4 Å². The van der Waals surface area contributed by atoms with Crippen LogP contribution in [-0.4, -0.2) is 30.7 Å². The number of nitrogen functional groups attached to an aromatic ring is 1. The first-order valence-electron chi connectivity index (χ1n) is 9.33. The number of ether oxygens (including phenoxy) is 1. The van der Waals surface area contributed by atoms with Gasteiger partial charge in [-0.05, 0) is 36.4 Å². The second kappa shape index (κ2) is 8.99. The van der Waals surface area contributed by atoms with Gasteiger partial charge in [0.05, 0.1) is 18.3 Å². The molecule has 2 heterocycles. The molecule has 10 heteroatoms. The van der Waals surface area contributed by atoms with E-state index < -0.39 is 5.97 Å². The van der Waals surface area contributed by atoms with E-state index in [1.165, 1.54) is 24.3 Å². The summed E-state index contributed by atoms with van der Waals surface area (Å²) in [6.45, 7) is -0.170. The van der Waals surface area contributed by atoms with Crippen LogP contribution in [0.4, 0.5) is 22.0 Å². The van der Waals surface area contributed by atoms with E-state index in [1.54, 1.807) is 17.1 Å². The topological polar surface area (TPSA) is 121 Å². The summed E-state index contributed by atoms with van der Waals surface area (Å²) < 4.78 is 20.0. The minimum Gasteiger partial charge on any atom is -0.457 e. The van der Waals surface area contributed by atoms with Gasteiger partial charge >= 0.3 is 5.97 Å². The second-order valence-electron chi connectivity index (χ2n) is 6.53. The molecule has 0 aliphatic heterocycles. The quantitative estimate of drug-likeness (QED) is 0.439. The average Bonchev–Trinajstić information content (AvgIpc) is 3.23. The lowest BCUT2D eigenvalue weighted by atomic mass is 10.2. The number of nitrogens with two attached hydrogens (primary N) is 1. The molecule has 0 fully saturated rings. The Morgan fingerprint density at radius 2 is 1.84 bits per heavy atom. The van der Waals surface area contributed by atoms with E-state index in [1.807, 2.05) is 30.3 Å². The molecule has 0 amide bonds. The van der Waals surface area contributed by atoms with E-state index in [9.17, 15) is 9.18 Å². The molecule has 0 aliphatic rings. The van der Waals surface area contributed by atoms with Gasteiger partial charge in [0.2, 0.25) is 11.9 Å². The highest BCUT2D eigenvalue weighted by molar-refractivity contribution is 5.72. The number of hydrogen-bond donors (Lipinski definition) is 2. The monoisotopic (exact) mass is 419 g/mol. The van der Waals surface area contributed by atoms with Crippen LogP contribution in [0.15, 0.2) is 67.0 Å². The van der Waals surface area contributed by atoms with Gasteiger partial charge in [0, 0.05) is 17.4 Å². The van der Waals surface area contributed by atoms with E-state index in [4.69, 9.17) is 10.5 Å². The number of carbonyl (C=O) groups is 1. The third kappa shape index (κ3) is 5.38. The molecule has 2 aromatic carbocycles. The highest BCUT2D eigenvalue weighted by atomic mass is 19.1. The Labute approximate surface area is 176 Å².